The Hall–Kier alpha value is -1.14. The Balaban J connectivity index is 1.76. The van der Waals surface area contributed by atoms with Crippen LogP contribution in [0, 0.1) is 5.92 Å². The van der Waals surface area contributed by atoms with Crippen LogP contribution in [0.25, 0.3) is 10.8 Å². The summed E-state index contributed by atoms with van der Waals surface area (Å²) in [6.45, 7) is 2.51. The number of benzene rings is 2. The predicted molar refractivity (Wildman–Crippen MR) is 94.4 cm³/mol. The van der Waals surface area contributed by atoms with E-state index in [1.165, 1.54) is 12.8 Å². The molecular weight excluding hydrogens is 332 g/mol. The second-order valence-corrected chi connectivity index (χ2v) is 8.13. The van der Waals surface area contributed by atoms with Gasteiger partial charge < -0.3 is 5.32 Å². The maximum Gasteiger partial charge on any atom is 0.241 e. The lowest BCUT2D eigenvalue weighted by molar-refractivity contribution is 0.358. The molecule has 1 aliphatic heterocycles. The van der Waals surface area contributed by atoms with Gasteiger partial charge in [0.15, 0.2) is 0 Å². The maximum absolute atomic E-state index is 12.6. The third-order valence-corrected chi connectivity index (χ3v) is 6.21. The quantitative estimate of drug-likeness (QED) is 0.869. The molecule has 2 N–H and O–H groups in total. The smallest absolute Gasteiger partial charge is 0.241 e. The van der Waals surface area contributed by atoms with Crippen molar-refractivity contribution in [1.29, 1.82) is 0 Å². The summed E-state index contributed by atoms with van der Waals surface area (Å²) in [6, 6.07) is 10.5. The zero-order chi connectivity index (χ0) is 16.3. The standard InChI is InChI=1S/C17H21ClN2O2S/c18-16-7-8-17(15-6-2-1-5-14(15)16)23(21,22)20-11-9-13-4-3-10-19-12-13/h1-2,5-8,13,19-20H,3-4,9-12H2. The minimum absolute atomic E-state index is 0.291. The lowest BCUT2D eigenvalue weighted by Crippen LogP contribution is -2.33. The van der Waals surface area contributed by atoms with Crippen LogP contribution >= 0.6 is 11.6 Å². The summed E-state index contributed by atoms with van der Waals surface area (Å²) in [5, 5.41) is 5.33. The van der Waals surface area contributed by atoms with Crippen molar-refractivity contribution >= 4 is 32.4 Å². The summed E-state index contributed by atoms with van der Waals surface area (Å²) in [5.74, 6) is 0.549. The average Bonchev–Trinajstić information content (AvgIpc) is 2.56. The van der Waals surface area contributed by atoms with Gasteiger partial charge >= 0.3 is 0 Å². The number of sulfonamides is 1. The third-order valence-electron chi connectivity index (χ3n) is 4.36. The Morgan fingerprint density at radius 2 is 1.96 bits per heavy atom. The van der Waals surface area contributed by atoms with Gasteiger partial charge in [-0.1, -0.05) is 35.9 Å². The van der Waals surface area contributed by atoms with Crippen LogP contribution in [0.4, 0.5) is 0 Å². The van der Waals surface area contributed by atoms with E-state index in [0.717, 1.165) is 24.9 Å². The van der Waals surface area contributed by atoms with Gasteiger partial charge in [-0.2, -0.15) is 0 Å². The Morgan fingerprint density at radius 1 is 1.17 bits per heavy atom. The van der Waals surface area contributed by atoms with E-state index in [4.69, 9.17) is 11.6 Å². The van der Waals surface area contributed by atoms with E-state index in [-0.39, 0.29) is 0 Å². The molecule has 23 heavy (non-hydrogen) atoms. The monoisotopic (exact) mass is 352 g/mol. The molecule has 3 rings (SSSR count). The zero-order valence-electron chi connectivity index (χ0n) is 12.9. The van der Waals surface area contributed by atoms with E-state index in [1.807, 2.05) is 18.2 Å². The van der Waals surface area contributed by atoms with Gasteiger partial charge in [0.2, 0.25) is 10.0 Å². The molecule has 0 amide bonds. The lowest BCUT2D eigenvalue weighted by atomic mass is 9.96. The molecule has 0 saturated carbocycles. The molecule has 2 aromatic carbocycles. The van der Waals surface area contributed by atoms with Gasteiger partial charge in [0.1, 0.15) is 0 Å². The summed E-state index contributed by atoms with van der Waals surface area (Å²) in [4.78, 5) is 0.291. The molecule has 2 aromatic rings. The van der Waals surface area contributed by atoms with Gasteiger partial charge in [0, 0.05) is 22.3 Å². The molecule has 0 aliphatic carbocycles. The molecule has 1 fully saturated rings. The SMILES string of the molecule is O=S(=O)(NCCC1CCCNC1)c1ccc(Cl)c2ccccc12. The highest BCUT2D eigenvalue weighted by Gasteiger charge is 2.19. The highest BCUT2D eigenvalue weighted by atomic mass is 35.5. The number of halogens is 1. The summed E-state index contributed by atoms with van der Waals surface area (Å²) in [5.41, 5.74) is 0. The van der Waals surface area contributed by atoms with E-state index in [9.17, 15) is 8.42 Å². The first kappa shape index (κ1) is 16.7. The Morgan fingerprint density at radius 3 is 2.70 bits per heavy atom. The van der Waals surface area contributed by atoms with Gasteiger partial charge in [0.25, 0.3) is 0 Å². The number of nitrogens with one attached hydrogen (secondary N) is 2. The van der Waals surface area contributed by atoms with E-state index >= 15 is 0 Å². The largest absolute Gasteiger partial charge is 0.316 e. The van der Waals surface area contributed by atoms with Gasteiger partial charge in [-0.3, -0.25) is 0 Å². The Labute approximate surface area is 142 Å². The van der Waals surface area contributed by atoms with E-state index < -0.39 is 10.0 Å². The fourth-order valence-electron chi connectivity index (χ4n) is 3.11. The number of piperidine rings is 1. The van der Waals surface area contributed by atoms with Crippen LogP contribution < -0.4 is 10.0 Å². The Bertz CT molecular complexity index is 786. The van der Waals surface area contributed by atoms with Gasteiger partial charge in [-0.25, -0.2) is 13.1 Å². The van der Waals surface area contributed by atoms with E-state index in [0.29, 0.717) is 27.8 Å². The molecule has 0 radical (unpaired) electrons. The van der Waals surface area contributed by atoms with Gasteiger partial charge in [0.05, 0.1) is 4.90 Å². The molecular formula is C17H21ClN2O2S. The van der Waals surface area contributed by atoms with Gasteiger partial charge in [-0.15, -0.1) is 0 Å². The second-order valence-electron chi connectivity index (χ2n) is 5.99. The average molecular weight is 353 g/mol. The van der Waals surface area contributed by atoms with Crippen LogP contribution in [-0.2, 0) is 10.0 Å². The van der Waals surface area contributed by atoms with E-state index in [1.54, 1.807) is 18.2 Å². The topological polar surface area (TPSA) is 58.2 Å². The minimum Gasteiger partial charge on any atom is -0.316 e. The molecule has 0 spiro atoms. The van der Waals surface area contributed by atoms with Crippen LogP contribution in [0.3, 0.4) is 0 Å². The molecule has 4 nitrogen and oxygen atoms in total. The molecule has 1 unspecified atom stereocenters. The number of rotatable bonds is 5. The van der Waals surface area contributed by atoms with E-state index in [2.05, 4.69) is 10.0 Å². The van der Waals surface area contributed by atoms with Crippen LogP contribution in [0.15, 0.2) is 41.3 Å². The molecule has 6 heteroatoms. The lowest BCUT2D eigenvalue weighted by Gasteiger charge is -2.22. The maximum atomic E-state index is 12.6. The van der Waals surface area contributed by atoms with Crippen molar-refractivity contribution in [3.63, 3.8) is 0 Å². The Kier molecular flexibility index (Phi) is 5.21. The molecule has 1 atom stereocenters. The first-order valence-electron chi connectivity index (χ1n) is 7.95. The molecule has 1 saturated heterocycles. The zero-order valence-corrected chi connectivity index (χ0v) is 14.5. The first-order chi connectivity index (χ1) is 11.1. The van der Waals surface area contributed by atoms with Crippen molar-refractivity contribution in [2.24, 2.45) is 5.92 Å². The number of hydrogen-bond donors (Lipinski definition) is 2. The van der Waals surface area contributed by atoms with Crippen molar-refractivity contribution in [3.05, 3.63) is 41.4 Å². The van der Waals surface area contributed by atoms with Crippen LogP contribution in [0.1, 0.15) is 19.3 Å². The van der Waals surface area contributed by atoms with Crippen molar-refractivity contribution in [2.45, 2.75) is 24.2 Å². The first-order valence-corrected chi connectivity index (χ1v) is 9.82. The highest BCUT2D eigenvalue weighted by Crippen LogP contribution is 2.29. The third kappa shape index (κ3) is 3.86. The summed E-state index contributed by atoms with van der Waals surface area (Å²) in [6.07, 6.45) is 3.19. The minimum atomic E-state index is -3.53. The summed E-state index contributed by atoms with van der Waals surface area (Å²) in [7, 11) is -3.53. The summed E-state index contributed by atoms with van der Waals surface area (Å²) < 4.78 is 28.0. The molecule has 0 bridgehead atoms. The highest BCUT2D eigenvalue weighted by molar-refractivity contribution is 7.89. The molecule has 1 heterocycles. The van der Waals surface area contributed by atoms with Crippen molar-refractivity contribution < 1.29 is 8.42 Å². The van der Waals surface area contributed by atoms with Crippen LogP contribution in [-0.4, -0.2) is 28.1 Å². The fraction of sp³-hybridized carbons (Fsp3) is 0.412. The fourth-order valence-corrected chi connectivity index (χ4v) is 4.60. The van der Waals surface area contributed by atoms with Crippen molar-refractivity contribution in [2.75, 3.05) is 19.6 Å². The molecule has 124 valence electrons. The van der Waals surface area contributed by atoms with Gasteiger partial charge in [-0.05, 0) is 50.4 Å². The van der Waals surface area contributed by atoms with Crippen molar-refractivity contribution in [3.8, 4) is 0 Å². The number of fused-ring (bicyclic) bond motifs is 1. The normalized spacial score (nSPS) is 19.1. The summed E-state index contributed by atoms with van der Waals surface area (Å²) >= 11 is 6.16. The van der Waals surface area contributed by atoms with Crippen LogP contribution in [0.5, 0.6) is 0 Å². The number of hydrogen-bond acceptors (Lipinski definition) is 3. The molecule has 0 aromatic heterocycles. The van der Waals surface area contributed by atoms with Crippen LogP contribution in [0.2, 0.25) is 5.02 Å². The second kappa shape index (κ2) is 7.18. The van der Waals surface area contributed by atoms with Crippen molar-refractivity contribution in [1.82, 2.24) is 10.0 Å². The predicted octanol–water partition coefficient (Wildman–Crippen LogP) is 3.16. The molecule has 1 aliphatic rings.